The molecule has 0 spiro atoms. The number of carbonyl (C=O) groups is 3. The van der Waals surface area contributed by atoms with E-state index in [9.17, 15) is 14.4 Å². The second-order valence-electron chi connectivity index (χ2n) is 7.62. The molecular formula is C23H23ClN4O4S. The average molecular weight is 487 g/mol. The Morgan fingerprint density at radius 2 is 1.73 bits per heavy atom. The number of benzene rings is 1. The zero-order valence-electron chi connectivity index (χ0n) is 18.1. The van der Waals surface area contributed by atoms with Gasteiger partial charge in [-0.2, -0.15) is 5.10 Å². The van der Waals surface area contributed by atoms with Gasteiger partial charge in [0.1, 0.15) is 10.7 Å². The Kier molecular flexibility index (Phi) is 7.10. The van der Waals surface area contributed by atoms with Gasteiger partial charge in [0.2, 0.25) is 0 Å². The predicted molar refractivity (Wildman–Crippen MR) is 125 cm³/mol. The van der Waals surface area contributed by atoms with Crippen LogP contribution < -0.4 is 0 Å². The maximum absolute atomic E-state index is 12.6. The van der Waals surface area contributed by atoms with Crippen molar-refractivity contribution in [3.63, 3.8) is 0 Å². The van der Waals surface area contributed by atoms with Crippen LogP contribution in [-0.2, 0) is 16.1 Å². The summed E-state index contributed by atoms with van der Waals surface area (Å²) in [5.74, 6) is -1.02. The van der Waals surface area contributed by atoms with Crippen LogP contribution in [0.15, 0.2) is 47.8 Å². The fourth-order valence-electron chi connectivity index (χ4n) is 3.65. The Morgan fingerprint density at radius 1 is 1.03 bits per heavy atom. The third-order valence-electron chi connectivity index (χ3n) is 5.42. The van der Waals surface area contributed by atoms with E-state index in [0.717, 1.165) is 5.56 Å². The maximum atomic E-state index is 12.6. The van der Waals surface area contributed by atoms with Crippen LogP contribution in [0, 0.1) is 6.92 Å². The van der Waals surface area contributed by atoms with E-state index in [4.69, 9.17) is 16.3 Å². The Bertz CT molecular complexity index is 1140. The minimum atomic E-state index is -0.684. The van der Waals surface area contributed by atoms with Crippen molar-refractivity contribution in [2.24, 2.45) is 0 Å². The lowest BCUT2D eigenvalue weighted by molar-refractivity contribution is -0.136. The highest BCUT2D eigenvalue weighted by Gasteiger charge is 2.27. The number of hydrogen-bond acceptors (Lipinski definition) is 6. The minimum Gasteiger partial charge on any atom is -0.452 e. The maximum Gasteiger partial charge on any atom is 0.343 e. The van der Waals surface area contributed by atoms with Gasteiger partial charge >= 0.3 is 5.97 Å². The van der Waals surface area contributed by atoms with Crippen molar-refractivity contribution < 1.29 is 19.1 Å². The van der Waals surface area contributed by atoms with Crippen LogP contribution in [0.2, 0.25) is 5.15 Å². The Hall–Kier alpha value is -3.17. The monoisotopic (exact) mass is 486 g/mol. The summed E-state index contributed by atoms with van der Waals surface area (Å²) < 4.78 is 6.79. The molecule has 1 aliphatic rings. The van der Waals surface area contributed by atoms with Crippen LogP contribution in [0.1, 0.15) is 31.3 Å². The number of ether oxygens (including phenoxy) is 1. The topological polar surface area (TPSA) is 84.7 Å². The molecule has 3 heterocycles. The van der Waals surface area contributed by atoms with E-state index in [1.807, 2.05) is 41.8 Å². The number of aryl methyl sites for hydroxylation is 1. The molecule has 2 amide bonds. The molecule has 2 aromatic heterocycles. The van der Waals surface area contributed by atoms with Gasteiger partial charge in [-0.05, 0) is 23.9 Å². The van der Waals surface area contributed by atoms with E-state index in [-0.39, 0.29) is 22.5 Å². The highest BCUT2D eigenvalue weighted by molar-refractivity contribution is 7.12. The van der Waals surface area contributed by atoms with Gasteiger partial charge in [0.05, 0.1) is 17.1 Å². The van der Waals surface area contributed by atoms with Crippen molar-refractivity contribution in [2.45, 2.75) is 13.5 Å². The van der Waals surface area contributed by atoms with E-state index in [2.05, 4.69) is 5.10 Å². The van der Waals surface area contributed by atoms with Crippen LogP contribution in [0.5, 0.6) is 0 Å². The summed E-state index contributed by atoms with van der Waals surface area (Å²) in [4.78, 5) is 41.6. The number of rotatable bonds is 6. The summed E-state index contributed by atoms with van der Waals surface area (Å²) in [7, 11) is 0. The van der Waals surface area contributed by atoms with Gasteiger partial charge in [-0.25, -0.2) is 9.48 Å². The van der Waals surface area contributed by atoms with E-state index < -0.39 is 12.6 Å². The number of nitrogens with zero attached hydrogens (tertiary/aromatic N) is 4. The summed E-state index contributed by atoms with van der Waals surface area (Å²) in [5, 5.41) is 6.38. The van der Waals surface area contributed by atoms with Gasteiger partial charge in [0, 0.05) is 26.2 Å². The summed E-state index contributed by atoms with van der Waals surface area (Å²) in [6, 6.07) is 13.3. The van der Waals surface area contributed by atoms with Crippen LogP contribution in [-0.4, -0.2) is 70.1 Å². The fourth-order valence-corrected chi connectivity index (χ4v) is 4.65. The molecule has 172 valence electrons. The van der Waals surface area contributed by atoms with Crippen molar-refractivity contribution in [1.82, 2.24) is 19.6 Å². The van der Waals surface area contributed by atoms with Crippen molar-refractivity contribution in [2.75, 3.05) is 32.8 Å². The Labute approximate surface area is 200 Å². The van der Waals surface area contributed by atoms with Crippen molar-refractivity contribution >= 4 is 40.7 Å². The van der Waals surface area contributed by atoms with Gasteiger partial charge in [0.15, 0.2) is 6.61 Å². The second kappa shape index (κ2) is 10.2. The molecule has 4 rings (SSSR count). The lowest BCUT2D eigenvalue weighted by Crippen LogP contribution is -2.51. The molecule has 10 heteroatoms. The number of hydrogen-bond donors (Lipinski definition) is 0. The molecule has 0 unspecified atom stereocenters. The largest absolute Gasteiger partial charge is 0.452 e. The SMILES string of the molecule is Cc1nn(Cc2ccccc2)c(Cl)c1C(=O)OCC(=O)N1CCN(C(=O)c2cccs2)CC1. The zero-order valence-corrected chi connectivity index (χ0v) is 19.6. The molecule has 1 aromatic carbocycles. The van der Waals surface area contributed by atoms with Gasteiger partial charge < -0.3 is 14.5 Å². The summed E-state index contributed by atoms with van der Waals surface area (Å²) >= 11 is 7.79. The van der Waals surface area contributed by atoms with Crippen molar-refractivity contribution in [3.05, 3.63) is 74.7 Å². The molecule has 0 bridgehead atoms. The smallest absolute Gasteiger partial charge is 0.343 e. The molecule has 3 aromatic rings. The van der Waals surface area contributed by atoms with E-state index >= 15 is 0 Å². The number of aromatic nitrogens is 2. The number of halogens is 1. The average Bonchev–Trinajstić information content (AvgIpc) is 3.46. The van der Waals surface area contributed by atoms with Gasteiger partial charge in [-0.1, -0.05) is 48.0 Å². The van der Waals surface area contributed by atoms with Gasteiger partial charge in [-0.3, -0.25) is 9.59 Å². The highest BCUT2D eigenvalue weighted by Crippen LogP contribution is 2.22. The molecule has 0 saturated carbocycles. The van der Waals surface area contributed by atoms with Gasteiger partial charge in [-0.15, -0.1) is 11.3 Å². The normalized spacial score (nSPS) is 13.8. The lowest BCUT2D eigenvalue weighted by Gasteiger charge is -2.34. The van der Waals surface area contributed by atoms with Crippen molar-refractivity contribution in [3.8, 4) is 0 Å². The van der Waals surface area contributed by atoms with Gasteiger partial charge in [0.25, 0.3) is 11.8 Å². The summed E-state index contributed by atoms with van der Waals surface area (Å²) in [6.45, 7) is 3.36. The third kappa shape index (κ3) is 5.26. The van der Waals surface area contributed by atoms with Crippen LogP contribution in [0.25, 0.3) is 0 Å². The Morgan fingerprint density at radius 3 is 2.39 bits per heavy atom. The van der Waals surface area contributed by atoms with Crippen LogP contribution >= 0.6 is 22.9 Å². The van der Waals surface area contributed by atoms with Crippen LogP contribution in [0.3, 0.4) is 0 Å². The molecule has 33 heavy (non-hydrogen) atoms. The van der Waals surface area contributed by atoms with Crippen LogP contribution in [0.4, 0.5) is 0 Å². The number of amides is 2. The molecular weight excluding hydrogens is 464 g/mol. The molecule has 1 fully saturated rings. The van der Waals surface area contributed by atoms with E-state index in [1.54, 1.807) is 22.8 Å². The number of thiophene rings is 1. The number of carbonyl (C=O) groups excluding carboxylic acids is 3. The minimum absolute atomic E-state index is 0.0267. The first-order valence-electron chi connectivity index (χ1n) is 10.5. The lowest BCUT2D eigenvalue weighted by atomic mass is 10.2. The third-order valence-corrected chi connectivity index (χ3v) is 6.66. The standard InChI is InChI=1S/C23H23ClN4O4S/c1-16-20(21(24)28(25-16)14-17-6-3-2-4-7-17)23(31)32-15-19(29)26-9-11-27(12-10-26)22(30)18-8-5-13-33-18/h2-8,13H,9-12,14-15H2,1H3. The summed E-state index contributed by atoms with van der Waals surface area (Å²) in [6.07, 6.45) is 0. The molecule has 0 atom stereocenters. The van der Waals surface area contributed by atoms with E-state index in [1.165, 1.54) is 16.0 Å². The van der Waals surface area contributed by atoms with Crippen molar-refractivity contribution in [1.29, 1.82) is 0 Å². The number of piperazine rings is 1. The zero-order chi connectivity index (χ0) is 23.4. The molecule has 1 saturated heterocycles. The quantitative estimate of drug-likeness (QED) is 0.500. The molecule has 0 aliphatic carbocycles. The molecule has 8 nitrogen and oxygen atoms in total. The fraction of sp³-hybridized carbons (Fsp3) is 0.304. The molecule has 1 aliphatic heterocycles. The first-order chi connectivity index (χ1) is 15.9. The predicted octanol–water partition coefficient (Wildman–Crippen LogP) is 3.10. The van der Waals surface area contributed by atoms with E-state index in [0.29, 0.717) is 43.3 Å². The molecule has 0 radical (unpaired) electrons. The Balaban J connectivity index is 1.30. The summed E-state index contributed by atoms with van der Waals surface area (Å²) in [5.41, 5.74) is 1.59. The first-order valence-corrected chi connectivity index (χ1v) is 11.7. The second-order valence-corrected chi connectivity index (χ2v) is 8.93. The molecule has 0 N–H and O–H groups in total. The highest BCUT2D eigenvalue weighted by atomic mass is 35.5. The first kappa shape index (κ1) is 23.0. The number of esters is 1.